The molecule has 160 valence electrons. The highest BCUT2D eigenvalue weighted by Crippen LogP contribution is 2.27. The average molecular weight is 414 g/mol. The minimum absolute atomic E-state index is 0.319. The topological polar surface area (TPSA) is 86.3 Å². The van der Waals surface area contributed by atoms with Crippen LogP contribution < -0.4 is 19.7 Å². The Balaban J connectivity index is 1.41. The molecule has 1 heterocycles. The van der Waals surface area contributed by atoms with Gasteiger partial charge in [0.2, 0.25) is 0 Å². The van der Waals surface area contributed by atoms with Crippen molar-refractivity contribution in [2.45, 2.75) is 6.92 Å². The van der Waals surface area contributed by atoms with Crippen molar-refractivity contribution in [1.82, 2.24) is 0 Å². The number of morpholine rings is 1. The summed E-state index contributed by atoms with van der Waals surface area (Å²) in [6.45, 7) is 4.33. The molecule has 1 N–H and O–H groups in total. The molecule has 2 aromatic rings. The Bertz CT molecular complexity index is 862. The van der Waals surface area contributed by atoms with Crippen LogP contribution in [-0.2, 0) is 19.1 Å². The summed E-state index contributed by atoms with van der Waals surface area (Å²) < 4.78 is 21.0. The Morgan fingerprint density at radius 1 is 1.03 bits per heavy atom. The van der Waals surface area contributed by atoms with Crippen molar-refractivity contribution in [2.24, 2.45) is 0 Å². The lowest BCUT2D eigenvalue weighted by molar-refractivity contribution is -0.149. The lowest BCUT2D eigenvalue weighted by Crippen LogP contribution is -2.36. The molecule has 1 aliphatic heterocycles. The van der Waals surface area contributed by atoms with Gasteiger partial charge in [-0.3, -0.25) is 4.79 Å². The molecule has 30 heavy (non-hydrogen) atoms. The smallest absolute Gasteiger partial charge is 0.344 e. The molecule has 0 unspecified atom stereocenters. The number of ether oxygens (including phenoxy) is 4. The van der Waals surface area contributed by atoms with Crippen LogP contribution in [0.25, 0.3) is 0 Å². The molecule has 1 fully saturated rings. The third-order valence-electron chi connectivity index (χ3n) is 4.56. The third kappa shape index (κ3) is 6.12. The molecule has 3 rings (SSSR count). The van der Waals surface area contributed by atoms with E-state index in [0.29, 0.717) is 30.4 Å². The molecule has 0 aliphatic carbocycles. The van der Waals surface area contributed by atoms with E-state index in [-0.39, 0.29) is 6.61 Å². The maximum atomic E-state index is 12.0. The predicted molar refractivity (Wildman–Crippen MR) is 112 cm³/mol. The van der Waals surface area contributed by atoms with Gasteiger partial charge in [0.1, 0.15) is 0 Å². The van der Waals surface area contributed by atoms with Gasteiger partial charge < -0.3 is 29.2 Å². The van der Waals surface area contributed by atoms with Crippen molar-refractivity contribution in [3.05, 3.63) is 48.0 Å². The van der Waals surface area contributed by atoms with E-state index in [1.165, 1.54) is 7.11 Å². The largest absolute Gasteiger partial charge is 0.493 e. The standard InChI is InChI=1S/C22H26N2O6/c1-16-3-8-19(20(13-16)27-2)29-15-22(26)30-14-21(25)23-17-4-6-18(7-5-17)24-9-11-28-12-10-24/h3-8,13H,9-12,14-15H2,1-2H3,(H,23,25). The van der Waals surface area contributed by atoms with Crippen LogP contribution in [0.4, 0.5) is 11.4 Å². The summed E-state index contributed by atoms with van der Waals surface area (Å²) >= 11 is 0. The van der Waals surface area contributed by atoms with Crippen molar-refractivity contribution in [3.8, 4) is 11.5 Å². The lowest BCUT2D eigenvalue weighted by Gasteiger charge is -2.28. The van der Waals surface area contributed by atoms with Gasteiger partial charge in [-0.1, -0.05) is 6.07 Å². The van der Waals surface area contributed by atoms with Gasteiger partial charge in [-0.05, 0) is 48.9 Å². The second-order valence-electron chi connectivity index (χ2n) is 6.80. The fourth-order valence-electron chi connectivity index (χ4n) is 2.99. The van der Waals surface area contributed by atoms with E-state index in [2.05, 4.69) is 10.2 Å². The van der Waals surface area contributed by atoms with Crippen molar-refractivity contribution in [1.29, 1.82) is 0 Å². The summed E-state index contributed by atoms with van der Waals surface area (Å²) in [6, 6.07) is 12.9. The zero-order chi connectivity index (χ0) is 21.3. The van der Waals surface area contributed by atoms with Crippen LogP contribution in [0.1, 0.15) is 5.56 Å². The van der Waals surface area contributed by atoms with Gasteiger partial charge in [-0.15, -0.1) is 0 Å². The number of amides is 1. The number of esters is 1. The van der Waals surface area contributed by atoms with E-state index in [1.54, 1.807) is 12.1 Å². The molecule has 0 spiro atoms. The highest BCUT2D eigenvalue weighted by atomic mass is 16.6. The summed E-state index contributed by atoms with van der Waals surface area (Å²) in [5, 5.41) is 2.71. The lowest BCUT2D eigenvalue weighted by atomic mass is 10.2. The maximum absolute atomic E-state index is 12.0. The number of nitrogens with zero attached hydrogens (tertiary/aromatic N) is 1. The quantitative estimate of drug-likeness (QED) is 0.664. The van der Waals surface area contributed by atoms with E-state index >= 15 is 0 Å². The molecule has 0 aromatic heterocycles. The predicted octanol–water partition coefficient (Wildman–Crippen LogP) is 2.40. The molecule has 2 aromatic carbocycles. The third-order valence-corrected chi connectivity index (χ3v) is 4.56. The van der Waals surface area contributed by atoms with Gasteiger partial charge in [0.15, 0.2) is 24.7 Å². The van der Waals surface area contributed by atoms with E-state index in [1.807, 2.05) is 37.3 Å². The fraction of sp³-hybridized carbons (Fsp3) is 0.364. The van der Waals surface area contributed by atoms with E-state index in [4.69, 9.17) is 18.9 Å². The van der Waals surface area contributed by atoms with E-state index < -0.39 is 18.5 Å². The first-order valence-corrected chi connectivity index (χ1v) is 9.71. The zero-order valence-corrected chi connectivity index (χ0v) is 17.2. The second kappa shape index (κ2) is 10.5. The molecule has 1 aliphatic rings. The number of carbonyl (C=O) groups is 2. The van der Waals surface area contributed by atoms with Crippen molar-refractivity contribution < 1.29 is 28.5 Å². The van der Waals surface area contributed by atoms with Crippen LogP contribution in [0.15, 0.2) is 42.5 Å². The molecule has 8 nitrogen and oxygen atoms in total. The van der Waals surface area contributed by atoms with Gasteiger partial charge >= 0.3 is 5.97 Å². The summed E-state index contributed by atoms with van der Waals surface area (Å²) in [6.07, 6.45) is 0. The number of benzene rings is 2. The monoisotopic (exact) mass is 414 g/mol. The summed E-state index contributed by atoms with van der Waals surface area (Å²) in [5.41, 5.74) is 2.72. The van der Waals surface area contributed by atoms with Gasteiger partial charge in [-0.25, -0.2) is 4.79 Å². The zero-order valence-electron chi connectivity index (χ0n) is 17.2. The molecule has 0 radical (unpaired) electrons. The van der Waals surface area contributed by atoms with Crippen LogP contribution in [0.2, 0.25) is 0 Å². The fourth-order valence-corrected chi connectivity index (χ4v) is 2.99. The Morgan fingerprint density at radius 3 is 2.47 bits per heavy atom. The van der Waals surface area contributed by atoms with E-state index in [0.717, 1.165) is 24.3 Å². The van der Waals surface area contributed by atoms with Crippen molar-refractivity contribution in [2.75, 3.05) is 56.8 Å². The molecular weight excluding hydrogens is 388 g/mol. The molecule has 0 atom stereocenters. The number of nitrogens with one attached hydrogen (secondary N) is 1. The summed E-state index contributed by atoms with van der Waals surface area (Å²) in [7, 11) is 1.53. The minimum Gasteiger partial charge on any atom is -0.493 e. The molecule has 0 saturated carbocycles. The number of rotatable bonds is 8. The van der Waals surface area contributed by atoms with Crippen LogP contribution in [0.3, 0.4) is 0 Å². The van der Waals surface area contributed by atoms with Crippen LogP contribution >= 0.6 is 0 Å². The van der Waals surface area contributed by atoms with Crippen molar-refractivity contribution >= 4 is 23.3 Å². The van der Waals surface area contributed by atoms with Crippen LogP contribution in [-0.4, -0.2) is 58.5 Å². The van der Waals surface area contributed by atoms with Crippen molar-refractivity contribution in [3.63, 3.8) is 0 Å². The van der Waals surface area contributed by atoms with Crippen LogP contribution in [0, 0.1) is 6.92 Å². The first kappa shape index (κ1) is 21.4. The van der Waals surface area contributed by atoms with Gasteiger partial charge in [0.25, 0.3) is 5.91 Å². The highest BCUT2D eigenvalue weighted by Gasteiger charge is 2.13. The summed E-state index contributed by atoms with van der Waals surface area (Å²) in [5.74, 6) is -0.100. The molecule has 1 saturated heterocycles. The van der Waals surface area contributed by atoms with Crippen LogP contribution in [0.5, 0.6) is 11.5 Å². The summed E-state index contributed by atoms with van der Waals surface area (Å²) in [4.78, 5) is 26.1. The van der Waals surface area contributed by atoms with E-state index in [9.17, 15) is 9.59 Å². The number of methoxy groups -OCH3 is 1. The van der Waals surface area contributed by atoms with Gasteiger partial charge in [-0.2, -0.15) is 0 Å². The number of hydrogen-bond acceptors (Lipinski definition) is 7. The maximum Gasteiger partial charge on any atom is 0.344 e. The Kier molecular flexibility index (Phi) is 7.51. The normalized spacial score (nSPS) is 13.5. The minimum atomic E-state index is -0.643. The first-order valence-electron chi connectivity index (χ1n) is 9.71. The Labute approximate surface area is 175 Å². The average Bonchev–Trinajstić information content (AvgIpc) is 2.78. The SMILES string of the molecule is COc1cc(C)ccc1OCC(=O)OCC(=O)Nc1ccc(N2CCOCC2)cc1. The number of anilines is 2. The Hall–Kier alpha value is -3.26. The van der Waals surface area contributed by atoms with Gasteiger partial charge in [0.05, 0.1) is 20.3 Å². The molecule has 8 heteroatoms. The Morgan fingerprint density at radius 2 is 1.77 bits per heavy atom. The highest BCUT2D eigenvalue weighted by molar-refractivity contribution is 5.93. The first-order chi connectivity index (χ1) is 14.5. The number of aryl methyl sites for hydroxylation is 1. The molecule has 1 amide bonds. The number of hydrogen-bond donors (Lipinski definition) is 1. The van der Waals surface area contributed by atoms with Gasteiger partial charge in [0, 0.05) is 24.5 Å². The second-order valence-corrected chi connectivity index (χ2v) is 6.80. The molecular formula is C22H26N2O6. The number of carbonyl (C=O) groups excluding carboxylic acids is 2. The molecule has 0 bridgehead atoms.